The Morgan fingerprint density at radius 1 is 0.404 bits per heavy atom. The predicted octanol–water partition coefficient (Wildman–Crippen LogP) is 15.2. The molecule has 0 unspecified atom stereocenters. The fourth-order valence-electron chi connectivity index (χ4n) is 17.0. The van der Waals surface area contributed by atoms with Gasteiger partial charge in [-0.2, -0.15) is 0 Å². The van der Waals surface area contributed by atoms with Crippen LogP contribution in [0, 0.1) is 17.5 Å². The third-order valence-electron chi connectivity index (χ3n) is 27.4. The fourth-order valence-corrected chi connectivity index (χ4v) is 19.5. The summed E-state index contributed by atoms with van der Waals surface area (Å²) in [6.45, 7) is 45.2. The first-order valence-electron chi connectivity index (χ1n) is 45.8. The molecule has 722 valence electrons. The van der Waals surface area contributed by atoms with E-state index in [-0.39, 0.29) is 104 Å². The molecule has 9 aliphatic rings. The first-order valence-corrected chi connectivity index (χ1v) is 57.7. The molecule has 3 N–H and O–H groups in total. The molecular weight excluding hydrogens is 1860 g/mol. The zero-order valence-corrected chi connectivity index (χ0v) is 85.9. The third-order valence-corrected chi connectivity index (χ3v) is 33.1. The van der Waals surface area contributed by atoms with E-state index < -0.39 is 138 Å². The van der Waals surface area contributed by atoms with Gasteiger partial charge in [-0.3, -0.25) is 33.2 Å². The summed E-state index contributed by atoms with van der Waals surface area (Å²) in [5.74, 6) is -4.18. The normalized spacial score (nSPS) is 22.2. The monoisotopic (exact) mass is 1980 g/mol. The number of hydrogen-bond acceptors (Lipinski definition) is 19. The minimum absolute atomic E-state index is 0.0836. The molecule has 8 aromatic rings. The van der Waals surface area contributed by atoms with Crippen molar-refractivity contribution < 1.29 is 98.5 Å². The largest absolute Gasteiger partial charge is 0.494 e. The summed E-state index contributed by atoms with van der Waals surface area (Å²) >= 11 is 3.39. The van der Waals surface area contributed by atoms with Gasteiger partial charge in [0.25, 0.3) is 35.4 Å². The minimum Gasteiger partial charge on any atom is -0.405 e. The highest BCUT2D eigenvalue weighted by molar-refractivity contribution is 9.10. The number of amides is 12. The number of aromatic nitrogens is 2. The highest BCUT2D eigenvalue weighted by Crippen LogP contribution is 2.46. The maximum atomic E-state index is 14.1. The van der Waals surface area contributed by atoms with Crippen molar-refractivity contribution in [2.24, 2.45) is 0 Å². The molecule has 2 aromatic heterocycles. The molecule has 0 bridgehead atoms. The molecule has 9 aliphatic heterocycles. The van der Waals surface area contributed by atoms with Crippen LogP contribution in [0.15, 0.2) is 162 Å². The molecule has 6 fully saturated rings. The summed E-state index contributed by atoms with van der Waals surface area (Å²) in [7, 11) is -5.62. The minimum atomic E-state index is -1.57. The maximum absolute atomic E-state index is 14.1. The number of hydrogen-bond donors (Lipinski definition) is 3. The van der Waals surface area contributed by atoms with Crippen LogP contribution >= 0.6 is 15.9 Å². The van der Waals surface area contributed by atoms with Gasteiger partial charge in [-0.15, -0.1) is 0 Å². The number of nitrogens with one attached hydrogen (secondary N) is 3. The summed E-state index contributed by atoms with van der Waals surface area (Å²) in [6.07, 6.45) is 3.70. The molecule has 136 heavy (non-hydrogen) atoms. The zero-order chi connectivity index (χ0) is 99.0. The summed E-state index contributed by atoms with van der Waals surface area (Å²) in [5.41, 5.74) is 0.616. The molecular formula is C97H122B3BrF3N11O18Si3. The number of halogens is 4. The number of fused-ring (bicyclic) bond motifs is 4. The van der Waals surface area contributed by atoms with Crippen molar-refractivity contribution in [3.05, 3.63) is 230 Å². The molecule has 17 rings (SSSR count). The average molecular weight is 1980 g/mol. The van der Waals surface area contributed by atoms with E-state index in [4.69, 9.17) is 42.1 Å². The number of benzene rings is 6. The van der Waals surface area contributed by atoms with Crippen LogP contribution in [0.2, 0.25) is 77.1 Å². The van der Waals surface area contributed by atoms with Gasteiger partial charge in [0.1, 0.15) is 43.3 Å². The van der Waals surface area contributed by atoms with E-state index in [1.807, 2.05) is 136 Å². The van der Waals surface area contributed by atoms with Crippen LogP contribution in [0.4, 0.5) is 27.6 Å². The Balaban J connectivity index is 0.000000150. The Morgan fingerprint density at radius 3 is 1.04 bits per heavy atom. The summed E-state index contributed by atoms with van der Waals surface area (Å²) < 4.78 is 97.8. The van der Waals surface area contributed by atoms with E-state index in [9.17, 15) is 56.3 Å². The number of pyridine rings is 1. The predicted molar refractivity (Wildman–Crippen MR) is 521 cm³/mol. The molecule has 29 nitrogen and oxygen atoms in total. The van der Waals surface area contributed by atoms with Gasteiger partial charge < -0.3 is 72.8 Å². The molecule has 3 atom stereocenters. The number of urea groups is 3. The van der Waals surface area contributed by atoms with Crippen molar-refractivity contribution in [2.75, 3.05) is 59.6 Å². The average Bonchev–Trinajstić information content (AvgIpc) is 1.59. The Hall–Kier alpha value is -10.0. The number of carbonyl (C=O) groups excluding carboxylic acids is 9. The van der Waals surface area contributed by atoms with Gasteiger partial charge in [0, 0.05) is 96.6 Å². The zero-order valence-electron chi connectivity index (χ0n) is 81.3. The number of imidazole rings is 1. The van der Waals surface area contributed by atoms with Crippen molar-refractivity contribution in [1.29, 1.82) is 0 Å². The van der Waals surface area contributed by atoms with Crippen molar-refractivity contribution in [2.45, 2.75) is 230 Å². The Kier molecular flexibility index (Phi) is 28.7. The summed E-state index contributed by atoms with van der Waals surface area (Å²) in [4.78, 5) is 133. The standard InChI is InChI=1S/C31H32FN5O4Si.C30H39BFN3O6Si.C24H27BrFN3O4Si.C12H24B2O4/c1-42(2,3)15-14-41-20-37-29(39)31(34-30(37)40,19-35-18-22-9-12-24(32)16-25(22)28(35)38)23-10-7-21(8-11-23)26-17-33-27-6-4-5-13-36(26)27;1-28(2)29(3,4)41-31(40-28)22-11-9-21(10-12-22)30(18-34-17-20-8-13-23(32)16-24(20)25(34)36)26(37)35(27(38)33-30)19-39-14-15-42(5,6)7;1-34(2,3)11-10-33-15-29-22(31)24(27-23(29)32,17-5-7-18(25)8-6-17)14-28-13-16-4-9-19(26)12-20(16)21(28)30;1-9(2)10(3,4)16-13(15-9)14-17-11(5,6)12(7,8)18-14/h4-13,16-17H,14-15,18-20H2,1-3H3,(H,34,40);8-13,16H,14-15,17-19H2,1-7H3,(H,33,38);4-9,12H,10-11,13-15H2,1-3H3,(H,27,32);1-8H3/t31-;30-;24-;/m000./s1. The first-order chi connectivity index (χ1) is 63.5. The van der Waals surface area contributed by atoms with E-state index in [2.05, 4.69) is 95.8 Å². The quantitative estimate of drug-likeness (QED) is 0.0245. The second-order valence-corrected chi connectivity index (χ2v) is 60.5. The second kappa shape index (κ2) is 38.3. The lowest BCUT2D eigenvalue weighted by Crippen LogP contribution is -2.53. The number of rotatable bonds is 27. The van der Waals surface area contributed by atoms with Gasteiger partial charge in [-0.25, -0.2) is 47.2 Å². The van der Waals surface area contributed by atoms with Crippen molar-refractivity contribution in [1.82, 2.24) is 54.7 Å². The van der Waals surface area contributed by atoms with Crippen LogP contribution < -0.4 is 21.4 Å². The molecule has 0 saturated carbocycles. The van der Waals surface area contributed by atoms with Crippen LogP contribution in [0.5, 0.6) is 0 Å². The van der Waals surface area contributed by atoms with Gasteiger partial charge in [-0.05, 0) is 201 Å². The molecule has 12 amide bonds. The Bertz CT molecular complexity index is 5870. The van der Waals surface area contributed by atoms with Crippen LogP contribution in [0.25, 0.3) is 16.9 Å². The number of imide groups is 3. The Morgan fingerprint density at radius 2 is 0.713 bits per heavy atom. The first kappa shape index (κ1) is 102. The van der Waals surface area contributed by atoms with E-state index in [1.54, 1.807) is 72.9 Å². The van der Waals surface area contributed by atoms with E-state index in [0.29, 0.717) is 53.2 Å². The lowest BCUT2D eigenvalue weighted by Gasteiger charge is -2.32. The van der Waals surface area contributed by atoms with E-state index in [1.165, 1.54) is 51.1 Å². The lowest BCUT2D eigenvalue weighted by molar-refractivity contribution is -0.136. The molecule has 39 heteroatoms. The summed E-state index contributed by atoms with van der Waals surface area (Å²) in [6, 6.07) is 40.4. The van der Waals surface area contributed by atoms with E-state index in [0.717, 1.165) is 59.7 Å². The summed E-state index contributed by atoms with van der Waals surface area (Å²) in [5, 5.41) is 8.60. The van der Waals surface area contributed by atoms with E-state index >= 15 is 0 Å². The molecule has 6 aromatic carbocycles. The van der Waals surface area contributed by atoms with Gasteiger partial charge >= 0.3 is 39.2 Å². The van der Waals surface area contributed by atoms with Crippen LogP contribution in [-0.2, 0) is 92.8 Å². The fraction of sp³-hybridized carbons (Fsp3) is 0.464. The number of ether oxygens (including phenoxy) is 3. The maximum Gasteiger partial charge on any atom is 0.494 e. The third kappa shape index (κ3) is 21.1. The van der Waals surface area contributed by atoms with Crippen LogP contribution in [-0.4, -0.2) is 231 Å². The van der Waals surface area contributed by atoms with Gasteiger partial charge in [0.15, 0.2) is 16.6 Å². The Labute approximate surface area is 805 Å². The topological polar surface area (TPSA) is 310 Å². The second-order valence-electron chi connectivity index (χ2n) is 42.8. The van der Waals surface area contributed by atoms with Crippen molar-refractivity contribution in [3.8, 4) is 11.3 Å². The van der Waals surface area contributed by atoms with Gasteiger partial charge in [0.05, 0.1) is 65.1 Å². The lowest BCUT2D eigenvalue weighted by atomic mass is 9.49. The highest BCUT2D eigenvalue weighted by Gasteiger charge is 2.65. The van der Waals surface area contributed by atoms with Crippen LogP contribution in [0.1, 0.15) is 148 Å². The molecule has 6 saturated heterocycles. The smallest absolute Gasteiger partial charge is 0.405 e. The van der Waals surface area contributed by atoms with Crippen LogP contribution in [0.3, 0.4) is 0 Å². The molecule has 0 radical (unpaired) electrons. The molecule has 11 heterocycles. The van der Waals surface area contributed by atoms with Gasteiger partial charge in [0.2, 0.25) is 0 Å². The SMILES string of the molecule is CC1(C)OB(B2OC(C)(C)C(C)(C)O2)OC1(C)C.CC1(C)OB(c2ccc([C@]3(CN4Cc5ccc(F)cc5C4=O)NC(=O)N(COCC[Si](C)(C)C)C3=O)cc2)OC1(C)C.C[Si](C)(C)CCOCN1C(=O)N[C@@](CN2Cc3ccc(F)cc3C2=O)(c2ccc(-c3cnc4ccccn34)cc2)C1=O.C[Si](C)(C)CCOCN1C(=O)N[C@@](CN2Cc3ccc(F)cc3C2=O)(c2ccc(Br)cc2)C1=O. The van der Waals surface area contributed by atoms with Crippen molar-refractivity contribution in [3.63, 3.8) is 0 Å². The van der Waals surface area contributed by atoms with Crippen molar-refractivity contribution >= 4 is 126 Å². The highest BCUT2D eigenvalue weighted by atomic mass is 79.9. The molecule has 0 spiro atoms. The number of carbonyl (C=O) groups is 9. The number of nitrogens with zero attached hydrogens (tertiary/aromatic N) is 8. The van der Waals surface area contributed by atoms with Gasteiger partial charge in [-0.1, -0.05) is 160 Å². The molecule has 0 aliphatic carbocycles.